The Balaban J connectivity index is 1.66. The van der Waals surface area contributed by atoms with Crippen molar-refractivity contribution in [2.75, 3.05) is 5.32 Å². The van der Waals surface area contributed by atoms with Gasteiger partial charge in [0.2, 0.25) is 0 Å². The van der Waals surface area contributed by atoms with E-state index in [1.165, 1.54) is 12.1 Å². The minimum Gasteiger partial charge on any atom is -0.361 e. The summed E-state index contributed by atoms with van der Waals surface area (Å²) in [4.78, 5) is 32.7. The second-order valence-corrected chi connectivity index (χ2v) is 8.14. The van der Waals surface area contributed by atoms with Crippen molar-refractivity contribution in [1.29, 1.82) is 0 Å². The molecule has 1 aromatic carbocycles. The summed E-state index contributed by atoms with van der Waals surface area (Å²) < 4.78 is 6.91. The van der Waals surface area contributed by atoms with Crippen LogP contribution in [-0.4, -0.2) is 35.7 Å². The van der Waals surface area contributed by atoms with Crippen molar-refractivity contribution in [3.63, 3.8) is 0 Å². The Morgan fingerprint density at radius 3 is 2.61 bits per heavy atom. The maximum atomic E-state index is 12.9. The number of hydrogen-bond acceptors (Lipinski definition) is 9. The number of nitrogens with one attached hydrogen (secondary N) is 1. The number of aryl methyl sites for hydroxylation is 2. The van der Waals surface area contributed by atoms with Gasteiger partial charge in [-0.05, 0) is 32.0 Å². The SMILES string of the molecule is Cc1noc(C)c1-c1nc(NC(=O)c2ccc([N+](=O)[O-])s2)c2cnn(-c3ccccc3)c2n1. The highest BCUT2D eigenvalue weighted by atomic mass is 32.1. The smallest absolute Gasteiger partial charge is 0.324 e. The quantitative estimate of drug-likeness (QED) is 0.301. The second kappa shape index (κ2) is 7.91. The van der Waals surface area contributed by atoms with E-state index in [1.807, 2.05) is 30.3 Å². The van der Waals surface area contributed by atoms with Crippen LogP contribution < -0.4 is 5.32 Å². The predicted molar refractivity (Wildman–Crippen MR) is 121 cm³/mol. The third-order valence-corrected chi connectivity index (χ3v) is 5.95. The Labute approximate surface area is 189 Å². The summed E-state index contributed by atoms with van der Waals surface area (Å²) in [6, 6.07) is 12.1. The van der Waals surface area contributed by atoms with Crippen LogP contribution in [-0.2, 0) is 0 Å². The van der Waals surface area contributed by atoms with Crippen LogP contribution in [0.5, 0.6) is 0 Å². The molecule has 0 saturated heterocycles. The van der Waals surface area contributed by atoms with Crippen molar-refractivity contribution >= 4 is 39.1 Å². The zero-order chi connectivity index (χ0) is 23.1. The molecular weight excluding hydrogens is 446 g/mol. The fourth-order valence-electron chi connectivity index (χ4n) is 3.39. The van der Waals surface area contributed by atoms with Crippen molar-refractivity contribution < 1.29 is 14.2 Å². The van der Waals surface area contributed by atoms with E-state index in [1.54, 1.807) is 24.7 Å². The first-order valence-corrected chi connectivity index (χ1v) is 10.5. The van der Waals surface area contributed by atoms with Crippen molar-refractivity contribution in [2.45, 2.75) is 13.8 Å². The van der Waals surface area contributed by atoms with Gasteiger partial charge in [-0.2, -0.15) is 5.10 Å². The highest BCUT2D eigenvalue weighted by molar-refractivity contribution is 7.17. The second-order valence-electron chi connectivity index (χ2n) is 7.07. The van der Waals surface area contributed by atoms with Gasteiger partial charge in [0, 0.05) is 6.07 Å². The number of aromatic nitrogens is 5. The molecular formula is C21H15N7O4S. The lowest BCUT2D eigenvalue weighted by Crippen LogP contribution is -2.13. The third-order valence-electron chi connectivity index (χ3n) is 4.91. The maximum absolute atomic E-state index is 12.9. The van der Waals surface area contributed by atoms with Gasteiger partial charge in [-0.15, -0.1) is 0 Å². The molecule has 0 saturated carbocycles. The molecule has 11 nitrogen and oxygen atoms in total. The standard InChI is InChI=1S/C21H15N7O4S/c1-11-17(12(2)32-26-11)19-23-18(25-21(29)15-8-9-16(33-15)28(30)31)14-10-22-27(20(14)24-19)13-6-4-3-5-7-13/h3-10H,1-2H3,(H,23,24,25,29). The van der Waals surface area contributed by atoms with Crippen molar-refractivity contribution in [3.8, 4) is 17.1 Å². The number of anilines is 1. The summed E-state index contributed by atoms with van der Waals surface area (Å²) in [5, 5.41) is 22.5. The van der Waals surface area contributed by atoms with Crippen molar-refractivity contribution in [3.05, 3.63) is 75.1 Å². The summed E-state index contributed by atoms with van der Waals surface area (Å²) in [6.07, 6.45) is 1.56. The number of nitrogens with zero attached hydrogens (tertiary/aromatic N) is 6. The molecule has 5 aromatic rings. The van der Waals surface area contributed by atoms with E-state index in [0.717, 1.165) is 17.0 Å². The molecule has 4 heterocycles. The highest BCUT2D eigenvalue weighted by Crippen LogP contribution is 2.31. The fourth-order valence-corrected chi connectivity index (χ4v) is 4.11. The van der Waals surface area contributed by atoms with Crippen molar-refractivity contribution in [2.24, 2.45) is 0 Å². The van der Waals surface area contributed by atoms with E-state index in [9.17, 15) is 14.9 Å². The van der Waals surface area contributed by atoms with Crippen LogP contribution in [0.3, 0.4) is 0 Å². The first-order valence-electron chi connectivity index (χ1n) is 9.72. The summed E-state index contributed by atoms with van der Waals surface area (Å²) in [6.45, 7) is 3.53. The van der Waals surface area contributed by atoms with Crippen molar-refractivity contribution in [1.82, 2.24) is 24.9 Å². The number of rotatable bonds is 5. The van der Waals surface area contributed by atoms with E-state index in [2.05, 4.69) is 20.6 Å². The topological polar surface area (TPSA) is 142 Å². The van der Waals surface area contributed by atoms with Crippen LogP contribution in [0, 0.1) is 24.0 Å². The number of amides is 1. The monoisotopic (exact) mass is 461 g/mol. The molecule has 0 spiro atoms. The number of fused-ring (bicyclic) bond motifs is 1. The highest BCUT2D eigenvalue weighted by Gasteiger charge is 2.22. The normalized spacial score (nSPS) is 11.1. The molecule has 5 rings (SSSR count). The van der Waals surface area contributed by atoms with E-state index in [-0.39, 0.29) is 15.7 Å². The van der Waals surface area contributed by atoms with Gasteiger partial charge in [-0.1, -0.05) is 34.7 Å². The minimum absolute atomic E-state index is 0.124. The number of thiophene rings is 1. The lowest BCUT2D eigenvalue weighted by atomic mass is 10.2. The van der Waals surface area contributed by atoms with Crippen LogP contribution in [0.1, 0.15) is 21.1 Å². The Bertz CT molecular complexity index is 1500. The number of nitro groups is 1. The molecule has 0 aliphatic heterocycles. The van der Waals surface area contributed by atoms with Gasteiger partial charge in [0.15, 0.2) is 11.5 Å². The Kier molecular flexibility index (Phi) is 4.90. The molecule has 0 unspecified atom stereocenters. The Hall–Kier alpha value is -4.45. The van der Waals surface area contributed by atoms with Crippen LogP contribution in [0.4, 0.5) is 10.8 Å². The summed E-state index contributed by atoms with van der Waals surface area (Å²) in [7, 11) is 0. The van der Waals surface area contributed by atoms with Gasteiger partial charge in [0.25, 0.3) is 5.91 Å². The molecule has 0 aliphatic rings. The van der Waals surface area contributed by atoms with E-state index < -0.39 is 10.8 Å². The molecule has 0 fully saturated rings. The third kappa shape index (κ3) is 3.61. The average molecular weight is 461 g/mol. The van der Waals surface area contributed by atoms with Crippen LogP contribution in [0.2, 0.25) is 0 Å². The van der Waals surface area contributed by atoms with Gasteiger partial charge in [0.1, 0.15) is 11.6 Å². The molecule has 0 atom stereocenters. The van der Waals surface area contributed by atoms with E-state index in [0.29, 0.717) is 33.9 Å². The first kappa shape index (κ1) is 20.5. The predicted octanol–water partition coefficient (Wildman–Crippen LogP) is 4.31. The number of hydrogen-bond donors (Lipinski definition) is 1. The van der Waals surface area contributed by atoms with Gasteiger partial charge in [-0.3, -0.25) is 14.9 Å². The molecule has 0 bridgehead atoms. The Morgan fingerprint density at radius 1 is 1.15 bits per heavy atom. The maximum Gasteiger partial charge on any atom is 0.324 e. The molecule has 1 N–H and O–H groups in total. The molecule has 0 radical (unpaired) electrons. The molecule has 164 valence electrons. The summed E-state index contributed by atoms with van der Waals surface area (Å²) >= 11 is 0.782. The van der Waals surface area contributed by atoms with Gasteiger partial charge in [-0.25, -0.2) is 14.6 Å². The number of carbonyl (C=O) groups excluding carboxylic acids is 1. The fraction of sp³-hybridized carbons (Fsp3) is 0.0952. The number of para-hydroxylation sites is 1. The van der Waals surface area contributed by atoms with Gasteiger partial charge >= 0.3 is 5.00 Å². The minimum atomic E-state index is -0.538. The lowest BCUT2D eigenvalue weighted by molar-refractivity contribution is -0.380. The van der Waals surface area contributed by atoms with Gasteiger partial charge < -0.3 is 9.84 Å². The number of carbonyl (C=O) groups is 1. The molecule has 1 amide bonds. The molecule has 4 aromatic heterocycles. The largest absolute Gasteiger partial charge is 0.361 e. The lowest BCUT2D eigenvalue weighted by Gasteiger charge is -2.09. The van der Waals surface area contributed by atoms with Crippen LogP contribution >= 0.6 is 11.3 Å². The van der Waals surface area contributed by atoms with Crippen LogP contribution in [0.15, 0.2) is 53.2 Å². The molecule has 0 aliphatic carbocycles. The Morgan fingerprint density at radius 2 is 1.94 bits per heavy atom. The number of benzene rings is 1. The zero-order valence-corrected chi connectivity index (χ0v) is 18.2. The van der Waals surface area contributed by atoms with E-state index in [4.69, 9.17) is 9.51 Å². The van der Waals surface area contributed by atoms with E-state index >= 15 is 0 Å². The average Bonchev–Trinajstić information content (AvgIpc) is 3.53. The van der Waals surface area contributed by atoms with Gasteiger partial charge in [0.05, 0.1) is 38.3 Å². The zero-order valence-electron chi connectivity index (χ0n) is 17.3. The van der Waals surface area contributed by atoms with Crippen LogP contribution in [0.25, 0.3) is 28.1 Å². The molecule has 33 heavy (non-hydrogen) atoms. The molecule has 12 heteroatoms. The summed E-state index contributed by atoms with van der Waals surface area (Å²) in [5.41, 5.74) is 2.46. The first-order chi connectivity index (χ1) is 15.9. The summed E-state index contributed by atoms with van der Waals surface area (Å²) in [5.74, 6) is 0.538.